The summed E-state index contributed by atoms with van der Waals surface area (Å²) in [6.07, 6.45) is 0. The zero-order chi connectivity index (χ0) is 7.56. The predicted octanol–water partition coefficient (Wildman–Crippen LogP) is 3.00. The van der Waals surface area contributed by atoms with Crippen molar-refractivity contribution in [1.29, 1.82) is 0 Å². The van der Waals surface area contributed by atoms with E-state index in [4.69, 9.17) is 0 Å². The zero-order valence-electron chi connectivity index (χ0n) is 5.47. The smallest absolute Gasteiger partial charge is 0.110 e. The Bertz CT molecular complexity index is 260. The summed E-state index contributed by atoms with van der Waals surface area (Å²) in [5, 5.41) is 2.86. The zero-order valence-corrected chi connectivity index (χ0v) is 7.62. The minimum Gasteiger partial charge on any atom is -0.145 e. The van der Waals surface area contributed by atoms with E-state index in [1.165, 1.54) is 0 Å². The largest absolute Gasteiger partial charge is 0.145 e. The summed E-state index contributed by atoms with van der Waals surface area (Å²) in [5.41, 5.74) is 1.46. The van der Waals surface area contributed by atoms with Crippen molar-refractivity contribution < 1.29 is 0 Å². The first kappa shape index (κ1) is 7.65. The molecule has 0 amide bonds. The van der Waals surface area contributed by atoms with E-state index in [-0.39, 0.29) is 0 Å². The first-order chi connectivity index (χ1) is 4.74. The summed E-state index contributed by atoms with van der Waals surface area (Å²) in [6.45, 7) is 1.87. The van der Waals surface area contributed by atoms with Crippen LogP contribution < -0.4 is 0 Å². The van der Waals surface area contributed by atoms with Crippen molar-refractivity contribution in [1.82, 2.24) is 0 Å². The lowest BCUT2D eigenvalue weighted by atomic mass is 10.2. The Hall–Kier alpha value is -0.450. The summed E-state index contributed by atoms with van der Waals surface area (Å²) in [5.74, 6) is 0. The molecule has 3 heteroatoms. The van der Waals surface area contributed by atoms with E-state index < -0.39 is 0 Å². The van der Waals surface area contributed by atoms with Crippen LogP contribution in [-0.4, -0.2) is 0 Å². The van der Waals surface area contributed by atoms with E-state index in [2.05, 4.69) is 27.8 Å². The Kier molecular flexibility index (Phi) is 2.37. The molecule has 0 saturated heterocycles. The SMILES string of the molecule is Cc1cc(I)ccc1N=O. The van der Waals surface area contributed by atoms with Crippen molar-refractivity contribution in [3.05, 3.63) is 32.2 Å². The average molecular weight is 247 g/mol. The molecule has 0 atom stereocenters. The highest BCUT2D eigenvalue weighted by molar-refractivity contribution is 14.1. The first-order valence-corrected chi connectivity index (χ1v) is 3.91. The van der Waals surface area contributed by atoms with Gasteiger partial charge in [0.1, 0.15) is 5.69 Å². The summed E-state index contributed by atoms with van der Waals surface area (Å²) in [7, 11) is 0. The molecule has 2 nitrogen and oxygen atoms in total. The Labute approximate surface area is 72.8 Å². The fourth-order valence-electron chi connectivity index (χ4n) is 0.721. The molecule has 0 aliphatic rings. The van der Waals surface area contributed by atoms with Crippen LogP contribution in [0.2, 0.25) is 0 Å². The molecule has 0 aliphatic heterocycles. The van der Waals surface area contributed by atoms with Crippen molar-refractivity contribution >= 4 is 28.3 Å². The van der Waals surface area contributed by atoms with Crippen LogP contribution in [0, 0.1) is 15.4 Å². The third-order valence-electron chi connectivity index (χ3n) is 1.26. The molecule has 0 unspecified atom stereocenters. The summed E-state index contributed by atoms with van der Waals surface area (Å²) in [4.78, 5) is 10.1. The maximum Gasteiger partial charge on any atom is 0.110 e. The van der Waals surface area contributed by atoms with Gasteiger partial charge in [0.15, 0.2) is 0 Å². The van der Waals surface area contributed by atoms with Gasteiger partial charge in [0.05, 0.1) is 0 Å². The van der Waals surface area contributed by atoms with E-state index in [0.717, 1.165) is 9.13 Å². The summed E-state index contributed by atoms with van der Waals surface area (Å²) >= 11 is 2.19. The number of halogens is 1. The van der Waals surface area contributed by atoms with E-state index >= 15 is 0 Å². The van der Waals surface area contributed by atoms with Crippen molar-refractivity contribution in [2.24, 2.45) is 5.18 Å². The van der Waals surface area contributed by atoms with Crippen molar-refractivity contribution in [2.75, 3.05) is 0 Å². The maximum atomic E-state index is 10.1. The minimum absolute atomic E-state index is 0.528. The van der Waals surface area contributed by atoms with Crippen molar-refractivity contribution in [2.45, 2.75) is 6.92 Å². The van der Waals surface area contributed by atoms with Gasteiger partial charge in [-0.2, -0.15) is 0 Å². The predicted molar refractivity (Wildman–Crippen MR) is 49.4 cm³/mol. The van der Waals surface area contributed by atoms with Crippen molar-refractivity contribution in [3.8, 4) is 0 Å². The van der Waals surface area contributed by atoms with Gasteiger partial charge in [-0.25, -0.2) is 0 Å². The summed E-state index contributed by atoms with van der Waals surface area (Å²) < 4.78 is 1.13. The molecule has 0 fully saturated rings. The molecule has 0 spiro atoms. The van der Waals surface area contributed by atoms with Gasteiger partial charge in [0.25, 0.3) is 0 Å². The van der Waals surface area contributed by atoms with Gasteiger partial charge < -0.3 is 0 Å². The van der Waals surface area contributed by atoms with Crippen LogP contribution in [0.15, 0.2) is 23.4 Å². The minimum atomic E-state index is 0.528. The first-order valence-electron chi connectivity index (χ1n) is 2.83. The number of nitrogens with zero attached hydrogens (tertiary/aromatic N) is 1. The Morgan fingerprint density at radius 2 is 2.20 bits per heavy atom. The molecule has 0 bridgehead atoms. The van der Waals surface area contributed by atoms with Crippen LogP contribution in [0.5, 0.6) is 0 Å². The second-order valence-corrected chi connectivity index (χ2v) is 3.27. The molecule has 1 rings (SSSR count). The van der Waals surface area contributed by atoms with Crippen LogP contribution in [0.25, 0.3) is 0 Å². The molecule has 0 aromatic heterocycles. The van der Waals surface area contributed by atoms with Crippen LogP contribution >= 0.6 is 22.6 Å². The monoisotopic (exact) mass is 247 g/mol. The molecule has 10 heavy (non-hydrogen) atoms. The Balaban J connectivity index is 3.19. The summed E-state index contributed by atoms with van der Waals surface area (Å²) in [6, 6.07) is 5.52. The number of hydrogen-bond acceptors (Lipinski definition) is 2. The molecule has 52 valence electrons. The molecule has 1 aromatic rings. The molecule has 0 heterocycles. The van der Waals surface area contributed by atoms with Gasteiger partial charge in [0.2, 0.25) is 0 Å². The van der Waals surface area contributed by atoms with E-state index in [1.807, 2.05) is 19.1 Å². The Morgan fingerprint density at radius 3 is 2.70 bits per heavy atom. The molecular weight excluding hydrogens is 241 g/mol. The van der Waals surface area contributed by atoms with E-state index in [9.17, 15) is 4.91 Å². The number of aryl methyl sites for hydroxylation is 1. The maximum absolute atomic E-state index is 10.1. The van der Waals surface area contributed by atoms with E-state index in [0.29, 0.717) is 5.69 Å². The molecular formula is C7H6INO. The molecule has 0 radical (unpaired) electrons. The fraction of sp³-hybridized carbons (Fsp3) is 0.143. The lowest BCUT2D eigenvalue weighted by molar-refractivity contribution is 1.37. The molecule has 0 N–H and O–H groups in total. The van der Waals surface area contributed by atoms with Crippen LogP contribution in [0.1, 0.15) is 5.56 Å². The van der Waals surface area contributed by atoms with Gasteiger partial charge >= 0.3 is 0 Å². The average Bonchev–Trinajstić information content (AvgIpc) is 1.88. The van der Waals surface area contributed by atoms with Gasteiger partial charge in [-0.3, -0.25) is 0 Å². The highest BCUT2D eigenvalue weighted by atomic mass is 127. The number of hydrogen-bond donors (Lipinski definition) is 0. The normalized spacial score (nSPS) is 9.40. The van der Waals surface area contributed by atoms with Crippen molar-refractivity contribution in [3.63, 3.8) is 0 Å². The molecule has 1 aromatic carbocycles. The number of benzene rings is 1. The highest BCUT2D eigenvalue weighted by Crippen LogP contribution is 2.19. The third-order valence-corrected chi connectivity index (χ3v) is 1.93. The third kappa shape index (κ3) is 1.53. The van der Waals surface area contributed by atoms with Crippen LogP contribution in [0.4, 0.5) is 5.69 Å². The number of nitroso groups, excluding NO2 is 1. The highest BCUT2D eigenvalue weighted by Gasteiger charge is 1.96. The fourth-order valence-corrected chi connectivity index (χ4v) is 1.37. The molecule has 0 saturated carbocycles. The lowest BCUT2D eigenvalue weighted by Gasteiger charge is -1.95. The quantitative estimate of drug-likeness (QED) is 0.554. The Morgan fingerprint density at radius 1 is 1.50 bits per heavy atom. The lowest BCUT2D eigenvalue weighted by Crippen LogP contribution is -1.74. The topological polar surface area (TPSA) is 29.4 Å². The van der Waals surface area contributed by atoms with Gasteiger partial charge in [-0.1, -0.05) is 0 Å². The van der Waals surface area contributed by atoms with E-state index in [1.54, 1.807) is 6.07 Å². The van der Waals surface area contributed by atoms with Crippen LogP contribution in [0.3, 0.4) is 0 Å². The van der Waals surface area contributed by atoms with Gasteiger partial charge in [-0.15, -0.1) is 4.91 Å². The standard InChI is InChI=1S/C7H6INO/c1-5-4-6(8)2-3-7(5)9-10/h2-4H,1H3. The van der Waals surface area contributed by atoms with Crippen LogP contribution in [-0.2, 0) is 0 Å². The second-order valence-electron chi connectivity index (χ2n) is 2.02. The van der Waals surface area contributed by atoms with Gasteiger partial charge in [-0.05, 0) is 58.5 Å². The molecule has 0 aliphatic carbocycles. The number of rotatable bonds is 1. The van der Waals surface area contributed by atoms with Gasteiger partial charge in [0, 0.05) is 3.57 Å². The second kappa shape index (κ2) is 3.09.